The Kier molecular flexibility index (Phi) is 7.42. The van der Waals surface area contributed by atoms with Crippen LogP contribution in [0.3, 0.4) is 0 Å². The molecule has 1 fully saturated rings. The molecule has 0 spiro atoms. The number of aldehydes is 1. The highest BCUT2D eigenvalue weighted by molar-refractivity contribution is 7.90. The molecule has 0 atom stereocenters. The molecular formula is C19H28N2O6S. The maximum Gasteiger partial charge on any atom is 0.227 e. The molecule has 8 nitrogen and oxygen atoms in total. The normalized spacial score (nSPS) is 19.9. The Balaban J connectivity index is 2.01. The number of ether oxygens (including phenoxy) is 2. The first-order valence-electron chi connectivity index (χ1n) is 9.25. The van der Waals surface area contributed by atoms with Crippen LogP contribution in [-0.4, -0.2) is 46.1 Å². The molecule has 9 heteroatoms. The summed E-state index contributed by atoms with van der Waals surface area (Å²) in [5.74, 6) is 0.296. The van der Waals surface area contributed by atoms with Crippen LogP contribution in [0.15, 0.2) is 12.1 Å². The molecule has 28 heavy (non-hydrogen) atoms. The van der Waals surface area contributed by atoms with Crippen LogP contribution in [0.1, 0.15) is 49.9 Å². The monoisotopic (exact) mass is 412 g/mol. The molecule has 1 aliphatic carbocycles. The van der Waals surface area contributed by atoms with Gasteiger partial charge in [-0.2, -0.15) is 0 Å². The molecule has 2 N–H and O–H groups in total. The summed E-state index contributed by atoms with van der Waals surface area (Å²) in [5, 5.41) is 2.34. The molecule has 1 aliphatic rings. The number of sulfonamides is 1. The first-order chi connectivity index (χ1) is 13.2. The van der Waals surface area contributed by atoms with Gasteiger partial charge in [-0.25, -0.2) is 13.1 Å². The molecule has 0 bridgehead atoms. The van der Waals surface area contributed by atoms with Crippen LogP contribution in [-0.2, 0) is 14.8 Å². The number of hydrogen-bond acceptors (Lipinski definition) is 6. The van der Waals surface area contributed by atoms with Crippen LogP contribution >= 0.6 is 0 Å². The Hall–Kier alpha value is -2.13. The largest absolute Gasteiger partial charge is 0.493 e. The van der Waals surface area contributed by atoms with Crippen LogP contribution in [0.25, 0.3) is 0 Å². The number of hydrogen-bond donors (Lipinski definition) is 2. The summed E-state index contributed by atoms with van der Waals surface area (Å²) < 4.78 is 37.1. The standard InChI is InChI=1S/C19H28N2O6S/c1-12(2)28(24,25)21-15-7-5-13(6-8-15)19(23)20-16-9-14(11-22)18(27-4)17(10-16)26-3/h9-13,15,21H,5-8H2,1-4H3,(H,20,23). The van der Waals surface area contributed by atoms with E-state index in [-0.39, 0.29) is 23.4 Å². The van der Waals surface area contributed by atoms with Crippen molar-refractivity contribution in [3.05, 3.63) is 17.7 Å². The highest BCUT2D eigenvalue weighted by atomic mass is 32.2. The van der Waals surface area contributed by atoms with E-state index in [4.69, 9.17) is 9.47 Å². The van der Waals surface area contributed by atoms with E-state index in [1.807, 2.05) is 0 Å². The van der Waals surface area contributed by atoms with Gasteiger partial charge in [0.1, 0.15) is 0 Å². The van der Waals surface area contributed by atoms with E-state index in [0.717, 1.165) is 0 Å². The fraction of sp³-hybridized carbons (Fsp3) is 0.579. The van der Waals surface area contributed by atoms with Crippen LogP contribution in [0, 0.1) is 5.92 Å². The van der Waals surface area contributed by atoms with Gasteiger partial charge in [0.05, 0.1) is 25.0 Å². The lowest BCUT2D eigenvalue weighted by Crippen LogP contribution is -2.42. The summed E-state index contributed by atoms with van der Waals surface area (Å²) in [6.45, 7) is 3.27. The average molecular weight is 413 g/mol. The highest BCUT2D eigenvalue weighted by Gasteiger charge is 2.29. The second-order valence-electron chi connectivity index (χ2n) is 7.17. The number of rotatable bonds is 8. The summed E-state index contributed by atoms with van der Waals surface area (Å²) >= 11 is 0. The zero-order chi connectivity index (χ0) is 20.9. The van der Waals surface area contributed by atoms with Crippen molar-refractivity contribution in [2.45, 2.75) is 50.8 Å². The predicted molar refractivity (Wildman–Crippen MR) is 107 cm³/mol. The first-order valence-corrected chi connectivity index (χ1v) is 10.8. The van der Waals surface area contributed by atoms with Gasteiger partial charge in [0.15, 0.2) is 17.8 Å². The smallest absolute Gasteiger partial charge is 0.227 e. The number of benzene rings is 1. The summed E-state index contributed by atoms with van der Waals surface area (Å²) in [5.41, 5.74) is 0.733. The second kappa shape index (κ2) is 9.38. The fourth-order valence-corrected chi connectivity index (χ4v) is 4.21. The Morgan fingerprint density at radius 2 is 1.79 bits per heavy atom. The Bertz CT molecular complexity index is 814. The number of carbonyl (C=O) groups is 2. The molecule has 1 saturated carbocycles. The molecule has 0 aromatic heterocycles. The van der Waals surface area contributed by atoms with Gasteiger partial charge in [-0.1, -0.05) is 0 Å². The minimum Gasteiger partial charge on any atom is -0.493 e. The van der Waals surface area contributed by atoms with Crippen molar-refractivity contribution in [3.8, 4) is 11.5 Å². The molecule has 0 aliphatic heterocycles. The van der Waals surface area contributed by atoms with Crippen molar-refractivity contribution in [2.75, 3.05) is 19.5 Å². The quantitative estimate of drug-likeness (QED) is 0.634. The highest BCUT2D eigenvalue weighted by Crippen LogP contribution is 2.34. The van der Waals surface area contributed by atoms with Gasteiger partial charge in [0, 0.05) is 23.7 Å². The molecular weight excluding hydrogens is 384 g/mol. The number of nitrogens with one attached hydrogen (secondary N) is 2. The Labute approximate surface area is 166 Å². The summed E-state index contributed by atoms with van der Waals surface area (Å²) in [7, 11) is -0.420. The molecule has 0 unspecified atom stereocenters. The molecule has 1 amide bonds. The SMILES string of the molecule is COc1cc(NC(=O)C2CCC(NS(=O)(=O)C(C)C)CC2)cc(C=O)c1OC. The van der Waals surface area contributed by atoms with Crippen molar-refractivity contribution in [2.24, 2.45) is 5.92 Å². The lowest BCUT2D eigenvalue weighted by Gasteiger charge is -2.28. The molecule has 1 aromatic rings. The van der Waals surface area contributed by atoms with E-state index < -0.39 is 15.3 Å². The number of amides is 1. The Morgan fingerprint density at radius 1 is 1.14 bits per heavy atom. The molecule has 0 heterocycles. The molecule has 2 rings (SSSR count). The fourth-order valence-electron chi connectivity index (χ4n) is 3.24. The van der Waals surface area contributed by atoms with Crippen molar-refractivity contribution in [1.29, 1.82) is 0 Å². The lowest BCUT2D eigenvalue weighted by molar-refractivity contribution is -0.120. The lowest BCUT2D eigenvalue weighted by atomic mass is 9.86. The maximum absolute atomic E-state index is 12.6. The topological polar surface area (TPSA) is 111 Å². The zero-order valence-electron chi connectivity index (χ0n) is 16.7. The van der Waals surface area contributed by atoms with Crippen molar-refractivity contribution >= 4 is 27.9 Å². The van der Waals surface area contributed by atoms with E-state index in [2.05, 4.69) is 10.0 Å². The van der Waals surface area contributed by atoms with Crippen LogP contribution in [0.2, 0.25) is 0 Å². The van der Waals surface area contributed by atoms with Gasteiger partial charge in [-0.05, 0) is 45.6 Å². The number of anilines is 1. The Morgan fingerprint density at radius 3 is 2.29 bits per heavy atom. The first kappa shape index (κ1) is 22.2. The van der Waals surface area contributed by atoms with E-state index >= 15 is 0 Å². The van der Waals surface area contributed by atoms with E-state index in [1.165, 1.54) is 20.3 Å². The zero-order valence-corrected chi connectivity index (χ0v) is 17.5. The van der Waals surface area contributed by atoms with Crippen molar-refractivity contribution < 1.29 is 27.5 Å². The molecule has 1 aromatic carbocycles. The van der Waals surface area contributed by atoms with Gasteiger partial charge in [-0.3, -0.25) is 9.59 Å². The third-order valence-electron chi connectivity index (χ3n) is 4.95. The summed E-state index contributed by atoms with van der Waals surface area (Å²) in [6.07, 6.45) is 3.03. The van der Waals surface area contributed by atoms with E-state index in [9.17, 15) is 18.0 Å². The molecule has 0 saturated heterocycles. The number of carbonyl (C=O) groups excluding carboxylic acids is 2. The predicted octanol–water partition coefficient (Wildman–Crippen LogP) is 2.34. The summed E-state index contributed by atoms with van der Waals surface area (Å²) in [4.78, 5) is 23.9. The summed E-state index contributed by atoms with van der Waals surface area (Å²) in [6, 6.07) is 3.00. The van der Waals surface area contributed by atoms with Crippen LogP contribution in [0.5, 0.6) is 11.5 Å². The van der Waals surface area contributed by atoms with Gasteiger partial charge in [0.2, 0.25) is 15.9 Å². The minimum atomic E-state index is -3.32. The van der Waals surface area contributed by atoms with Gasteiger partial charge >= 0.3 is 0 Å². The number of methoxy groups -OCH3 is 2. The third-order valence-corrected chi connectivity index (χ3v) is 6.85. The van der Waals surface area contributed by atoms with E-state index in [0.29, 0.717) is 49.2 Å². The minimum absolute atomic E-state index is 0.140. The van der Waals surface area contributed by atoms with Gasteiger partial charge in [-0.15, -0.1) is 0 Å². The third kappa shape index (κ3) is 5.23. The van der Waals surface area contributed by atoms with Gasteiger partial charge < -0.3 is 14.8 Å². The molecule has 0 radical (unpaired) electrons. The van der Waals surface area contributed by atoms with Crippen LogP contribution < -0.4 is 19.5 Å². The maximum atomic E-state index is 12.6. The van der Waals surface area contributed by atoms with Gasteiger partial charge in [0.25, 0.3) is 0 Å². The van der Waals surface area contributed by atoms with Crippen molar-refractivity contribution in [1.82, 2.24) is 4.72 Å². The molecule has 156 valence electrons. The van der Waals surface area contributed by atoms with E-state index in [1.54, 1.807) is 19.9 Å². The van der Waals surface area contributed by atoms with Crippen molar-refractivity contribution in [3.63, 3.8) is 0 Å². The second-order valence-corrected chi connectivity index (χ2v) is 9.44. The van der Waals surface area contributed by atoms with Crippen LogP contribution in [0.4, 0.5) is 5.69 Å². The average Bonchev–Trinajstić information content (AvgIpc) is 2.67.